The van der Waals surface area contributed by atoms with Crippen LogP contribution in [0.3, 0.4) is 0 Å². The summed E-state index contributed by atoms with van der Waals surface area (Å²) in [5.74, 6) is 0. The molecule has 0 aliphatic rings. The first kappa shape index (κ1) is 9.66. The van der Waals surface area contributed by atoms with Crippen LogP contribution in [-0.4, -0.2) is 22.9 Å². The molecule has 0 heterocycles. The van der Waals surface area contributed by atoms with Gasteiger partial charge >= 0.3 is 0 Å². The van der Waals surface area contributed by atoms with Gasteiger partial charge in [0.15, 0.2) is 0 Å². The topological polar surface area (TPSA) is 40.5 Å². The SMILES string of the molecule is CC/C=C/CC(O)CCO. The highest BCUT2D eigenvalue weighted by molar-refractivity contribution is 4.82. The summed E-state index contributed by atoms with van der Waals surface area (Å²) < 4.78 is 0. The standard InChI is InChI=1S/C8H16O2/c1-2-3-4-5-8(10)6-7-9/h3-4,8-10H,2,5-7H2,1H3/b4-3+. The lowest BCUT2D eigenvalue weighted by Gasteiger charge is -2.03. The van der Waals surface area contributed by atoms with E-state index in [1.54, 1.807) is 0 Å². The van der Waals surface area contributed by atoms with Gasteiger partial charge in [0.1, 0.15) is 0 Å². The molecule has 0 saturated carbocycles. The highest BCUT2D eigenvalue weighted by atomic mass is 16.3. The molecule has 0 amide bonds. The van der Waals surface area contributed by atoms with Crippen molar-refractivity contribution in [3.63, 3.8) is 0 Å². The van der Waals surface area contributed by atoms with E-state index in [-0.39, 0.29) is 12.7 Å². The van der Waals surface area contributed by atoms with Crippen LogP contribution in [0, 0.1) is 0 Å². The Bertz CT molecular complexity index is 89.3. The van der Waals surface area contributed by atoms with Crippen LogP contribution in [0.25, 0.3) is 0 Å². The summed E-state index contributed by atoms with van der Waals surface area (Å²) in [5, 5.41) is 17.5. The molecule has 0 aliphatic heterocycles. The van der Waals surface area contributed by atoms with E-state index in [2.05, 4.69) is 6.92 Å². The summed E-state index contributed by atoms with van der Waals surface area (Å²) in [5.41, 5.74) is 0. The monoisotopic (exact) mass is 144 g/mol. The normalized spacial score (nSPS) is 14.3. The van der Waals surface area contributed by atoms with Crippen molar-refractivity contribution >= 4 is 0 Å². The largest absolute Gasteiger partial charge is 0.396 e. The second-order valence-corrected chi connectivity index (χ2v) is 2.28. The lowest BCUT2D eigenvalue weighted by Crippen LogP contribution is -2.06. The molecule has 1 atom stereocenters. The number of aliphatic hydroxyl groups is 2. The molecule has 0 radical (unpaired) electrons. The predicted octanol–water partition coefficient (Wildman–Crippen LogP) is 1.09. The van der Waals surface area contributed by atoms with Crippen molar-refractivity contribution in [1.82, 2.24) is 0 Å². The van der Waals surface area contributed by atoms with Gasteiger partial charge in [0, 0.05) is 6.61 Å². The third kappa shape index (κ3) is 5.79. The molecule has 0 aromatic heterocycles. The molecule has 0 aromatic carbocycles. The maximum Gasteiger partial charge on any atom is 0.0596 e. The van der Waals surface area contributed by atoms with Crippen molar-refractivity contribution in [1.29, 1.82) is 0 Å². The minimum Gasteiger partial charge on any atom is -0.396 e. The molecule has 2 N–H and O–H groups in total. The summed E-state index contributed by atoms with van der Waals surface area (Å²) in [6, 6.07) is 0. The van der Waals surface area contributed by atoms with E-state index in [9.17, 15) is 0 Å². The molecule has 10 heavy (non-hydrogen) atoms. The summed E-state index contributed by atoms with van der Waals surface area (Å²) in [4.78, 5) is 0. The number of hydrogen-bond acceptors (Lipinski definition) is 2. The number of allylic oxidation sites excluding steroid dienone is 1. The van der Waals surface area contributed by atoms with Gasteiger partial charge in [-0.15, -0.1) is 0 Å². The maximum atomic E-state index is 9.06. The van der Waals surface area contributed by atoms with Crippen LogP contribution in [0.2, 0.25) is 0 Å². The fourth-order valence-corrected chi connectivity index (χ4v) is 0.687. The minimum absolute atomic E-state index is 0.0706. The van der Waals surface area contributed by atoms with Crippen LogP contribution >= 0.6 is 0 Å². The summed E-state index contributed by atoms with van der Waals surface area (Å²) >= 11 is 0. The first-order valence-corrected chi connectivity index (χ1v) is 3.75. The Balaban J connectivity index is 3.20. The van der Waals surface area contributed by atoms with Crippen molar-refractivity contribution in [2.45, 2.75) is 32.3 Å². The second kappa shape index (κ2) is 6.78. The third-order valence-electron chi connectivity index (χ3n) is 1.27. The van der Waals surface area contributed by atoms with E-state index in [1.807, 2.05) is 12.2 Å². The van der Waals surface area contributed by atoms with E-state index in [0.717, 1.165) is 6.42 Å². The smallest absolute Gasteiger partial charge is 0.0596 e. The lowest BCUT2D eigenvalue weighted by molar-refractivity contribution is 0.135. The zero-order valence-electron chi connectivity index (χ0n) is 6.45. The molecule has 2 heteroatoms. The van der Waals surface area contributed by atoms with E-state index >= 15 is 0 Å². The van der Waals surface area contributed by atoms with E-state index in [0.29, 0.717) is 12.8 Å². The van der Waals surface area contributed by atoms with Gasteiger partial charge in [0.2, 0.25) is 0 Å². The van der Waals surface area contributed by atoms with Crippen molar-refractivity contribution in [3.05, 3.63) is 12.2 Å². The first-order valence-electron chi connectivity index (χ1n) is 3.75. The van der Waals surface area contributed by atoms with E-state index in [4.69, 9.17) is 10.2 Å². The Hall–Kier alpha value is -0.340. The van der Waals surface area contributed by atoms with Gasteiger partial charge in [-0.3, -0.25) is 0 Å². The average Bonchev–Trinajstić information content (AvgIpc) is 1.89. The van der Waals surface area contributed by atoms with E-state index < -0.39 is 0 Å². The van der Waals surface area contributed by atoms with Crippen molar-refractivity contribution < 1.29 is 10.2 Å². The van der Waals surface area contributed by atoms with Crippen LogP contribution in [0.5, 0.6) is 0 Å². The van der Waals surface area contributed by atoms with Crippen molar-refractivity contribution in [2.75, 3.05) is 6.61 Å². The van der Waals surface area contributed by atoms with Crippen LogP contribution in [0.4, 0.5) is 0 Å². The summed E-state index contributed by atoms with van der Waals surface area (Å²) in [6.45, 7) is 2.12. The van der Waals surface area contributed by atoms with Crippen molar-refractivity contribution in [3.8, 4) is 0 Å². The highest BCUT2D eigenvalue weighted by Gasteiger charge is 1.97. The van der Waals surface area contributed by atoms with E-state index in [1.165, 1.54) is 0 Å². The van der Waals surface area contributed by atoms with Gasteiger partial charge in [-0.05, 0) is 19.3 Å². The summed E-state index contributed by atoms with van der Waals surface area (Å²) in [6.07, 6.45) is 5.74. The Labute approximate surface area is 62.2 Å². The fourth-order valence-electron chi connectivity index (χ4n) is 0.687. The molecule has 60 valence electrons. The molecule has 0 spiro atoms. The lowest BCUT2D eigenvalue weighted by atomic mass is 10.2. The Morgan fingerprint density at radius 1 is 1.40 bits per heavy atom. The molecule has 0 aromatic rings. The van der Waals surface area contributed by atoms with Gasteiger partial charge < -0.3 is 10.2 Å². The quantitative estimate of drug-likeness (QED) is 0.567. The van der Waals surface area contributed by atoms with Crippen LogP contribution < -0.4 is 0 Å². The molecule has 0 saturated heterocycles. The Kier molecular flexibility index (Phi) is 6.55. The van der Waals surface area contributed by atoms with Gasteiger partial charge in [-0.2, -0.15) is 0 Å². The number of rotatable bonds is 5. The minimum atomic E-state index is -0.368. The Morgan fingerprint density at radius 3 is 2.60 bits per heavy atom. The van der Waals surface area contributed by atoms with Gasteiger partial charge in [-0.25, -0.2) is 0 Å². The van der Waals surface area contributed by atoms with Gasteiger partial charge in [0.05, 0.1) is 6.10 Å². The molecular formula is C8H16O2. The first-order chi connectivity index (χ1) is 4.81. The Morgan fingerprint density at radius 2 is 2.10 bits per heavy atom. The zero-order valence-corrected chi connectivity index (χ0v) is 6.45. The van der Waals surface area contributed by atoms with Crippen molar-refractivity contribution in [2.24, 2.45) is 0 Å². The highest BCUT2D eigenvalue weighted by Crippen LogP contribution is 1.97. The maximum absolute atomic E-state index is 9.06. The molecular weight excluding hydrogens is 128 g/mol. The average molecular weight is 144 g/mol. The number of aliphatic hydroxyl groups excluding tert-OH is 2. The third-order valence-corrected chi connectivity index (χ3v) is 1.27. The molecule has 0 rings (SSSR count). The van der Waals surface area contributed by atoms with Crippen LogP contribution in [0.1, 0.15) is 26.2 Å². The molecule has 0 aliphatic carbocycles. The molecule has 0 bridgehead atoms. The molecule has 1 unspecified atom stereocenters. The van der Waals surface area contributed by atoms with Gasteiger partial charge in [0.25, 0.3) is 0 Å². The van der Waals surface area contributed by atoms with Crippen LogP contribution in [0.15, 0.2) is 12.2 Å². The second-order valence-electron chi connectivity index (χ2n) is 2.28. The zero-order chi connectivity index (χ0) is 7.82. The fraction of sp³-hybridized carbons (Fsp3) is 0.750. The predicted molar refractivity (Wildman–Crippen MR) is 41.8 cm³/mol. The molecule has 0 fully saturated rings. The van der Waals surface area contributed by atoms with Gasteiger partial charge in [-0.1, -0.05) is 19.1 Å². The van der Waals surface area contributed by atoms with Crippen LogP contribution in [-0.2, 0) is 0 Å². The number of hydrogen-bond donors (Lipinski definition) is 2. The summed E-state index contributed by atoms with van der Waals surface area (Å²) in [7, 11) is 0. The molecule has 2 nitrogen and oxygen atoms in total.